The van der Waals surface area contributed by atoms with E-state index in [1.807, 2.05) is 24.3 Å². The summed E-state index contributed by atoms with van der Waals surface area (Å²) in [5.74, 6) is 1.73. The molecule has 5 N–H and O–H groups in total. The van der Waals surface area contributed by atoms with Gasteiger partial charge in [0.15, 0.2) is 17.0 Å². The average Bonchev–Trinajstić information content (AvgIpc) is 2.92. The molecule has 0 saturated heterocycles. The zero-order valence-corrected chi connectivity index (χ0v) is 15.1. The van der Waals surface area contributed by atoms with Crippen LogP contribution in [-0.2, 0) is 13.0 Å². The number of imidazole rings is 1. The van der Waals surface area contributed by atoms with Crippen molar-refractivity contribution < 1.29 is 0 Å². The van der Waals surface area contributed by atoms with E-state index in [0.29, 0.717) is 35.9 Å². The Labute approximate surface area is 151 Å². The summed E-state index contributed by atoms with van der Waals surface area (Å²) in [7, 11) is 0. The highest BCUT2D eigenvalue weighted by Crippen LogP contribution is 2.26. The minimum Gasteiger partial charge on any atom is -0.368 e. The lowest BCUT2D eigenvalue weighted by molar-refractivity contribution is 0.580. The Bertz CT molecular complexity index is 871. The molecule has 0 amide bonds. The van der Waals surface area contributed by atoms with Gasteiger partial charge in [-0.3, -0.25) is 0 Å². The van der Waals surface area contributed by atoms with Gasteiger partial charge in [-0.05, 0) is 38.1 Å². The van der Waals surface area contributed by atoms with Crippen LogP contribution >= 0.6 is 11.6 Å². The average molecular weight is 360 g/mol. The number of rotatable bonds is 6. The van der Waals surface area contributed by atoms with E-state index in [-0.39, 0.29) is 12.0 Å². The number of nitrogen functional groups attached to an aromatic ring is 1. The van der Waals surface area contributed by atoms with E-state index in [4.69, 9.17) is 28.1 Å². The van der Waals surface area contributed by atoms with Gasteiger partial charge in [0, 0.05) is 24.0 Å². The van der Waals surface area contributed by atoms with Crippen LogP contribution < -0.4 is 16.8 Å². The summed E-state index contributed by atoms with van der Waals surface area (Å²) in [4.78, 5) is 13.4. The van der Waals surface area contributed by atoms with E-state index in [1.165, 1.54) is 0 Å². The topological polar surface area (TPSA) is 108 Å². The van der Waals surface area contributed by atoms with Crippen molar-refractivity contribution in [2.45, 2.75) is 32.9 Å². The van der Waals surface area contributed by atoms with Gasteiger partial charge in [-0.25, -0.2) is 4.98 Å². The minimum absolute atomic E-state index is 0.199. The second kappa shape index (κ2) is 7.25. The molecule has 0 spiro atoms. The van der Waals surface area contributed by atoms with E-state index >= 15 is 0 Å². The van der Waals surface area contributed by atoms with Crippen molar-refractivity contribution in [3.63, 3.8) is 0 Å². The monoisotopic (exact) mass is 359 g/mol. The Kier molecular flexibility index (Phi) is 5.06. The molecule has 7 nitrogen and oxygen atoms in total. The lowest BCUT2D eigenvalue weighted by atomic mass is 10.2. The number of nitrogens with one attached hydrogen (secondary N) is 1. The molecule has 0 atom stereocenters. The maximum absolute atomic E-state index is 5.93. The summed E-state index contributed by atoms with van der Waals surface area (Å²) >= 11 is 5.93. The van der Waals surface area contributed by atoms with E-state index < -0.39 is 0 Å². The summed E-state index contributed by atoms with van der Waals surface area (Å²) in [6.07, 6.45) is 0.672. The molecule has 0 radical (unpaired) electrons. The van der Waals surface area contributed by atoms with Crippen LogP contribution in [0.2, 0.25) is 5.02 Å². The number of fused-ring (bicyclic) bond motifs is 1. The summed E-state index contributed by atoms with van der Waals surface area (Å²) in [5, 5.41) is 4.01. The molecule has 132 valence electrons. The molecule has 0 unspecified atom stereocenters. The Morgan fingerprint density at radius 2 is 1.88 bits per heavy atom. The van der Waals surface area contributed by atoms with Gasteiger partial charge in [0.1, 0.15) is 5.82 Å². The third-order valence-electron chi connectivity index (χ3n) is 3.89. The Balaban J connectivity index is 1.99. The first-order valence-corrected chi connectivity index (χ1v) is 8.60. The molecule has 0 aliphatic heterocycles. The first-order chi connectivity index (χ1) is 12.0. The second-order valence-corrected chi connectivity index (χ2v) is 6.55. The van der Waals surface area contributed by atoms with Gasteiger partial charge in [-0.15, -0.1) is 0 Å². The van der Waals surface area contributed by atoms with Crippen molar-refractivity contribution in [1.29, 1.82) is 0 Å². The number of hydrogen-bond acceptors (Lipinski definition) is 6. The van der Waals surface area contributed by atoms with Gasteiger partial charge in [-0.1, -0.05) is 23.7 Å². The molecule has 3 rings (SSSR count). The van der Waals surface area contributed by atoms with Crippen LogP contribution in [0, 0.1) is 0 Å². The standard InChI is InChI=1S/C17H22ClN7/c1-10(2)25-13(7-8-19)22-14-15(23-17(20)24-16(14)25)21-9-11-3-5-12(18)6-4-11/h3-6,10H,7-9,19H2,1-2H3,(H3,20,21,23,24). The zero-order chi connectivity index (χ0) is 18.0. The number of anilines is 2. The normalized spacial score (nSPS) is 11.4. The first kappa shape index (κ1) is 17.4. The second-order valence-electron chi connectivity index (χ2n) is 6.11. The summed E-state index contributed by atoms with van der Waals surface area (Å²) in [6.45, 7) is 5.27. The molecule has 0 aliphatic carbocycles. The van der Waals surface area contributed by atoms with Gasteiger partial charge >= 0.3 is 0 Å². The first-order valence-electron chi connectivity index (χ1n) is 8.22. The van der Waals surface area contributed by atoms with Crippen molar-refractivity contribution >= 4 is 34.5 Å². The lowest BCUT2D eigenvalue weighted by Crippen LogP contribution is -2.12. The third kappa shape index (κ3) is 3.67. The van der Waals surface area contributed by atoms with Crippen LogP contribution in [0.15, 0.2) is 24.3 Å². The SMILES string of the molecule is CC(C)n1c(CCN)nc2c(NCc3ccc(Cl)cc3)nc(N)nc21. The Hall–Kier alpha value is -2.38. The molecule has 25 heavy (non-hydrogen) atoms. The van der Waals surface area contributed by atoms with Crippen molar-refractivity contribution in [2.75, 3.05) is 17.6 Å². The number of benzene rings is 1. The van der Waals surface area contributed by atoms with Gasteiger partial charge in [0.05, 0.1) is 0 Å². The lowest BCUT2D eigenvalue weighted by Gasteiger charge is -2.12. The minimum atomic E-state index is 0.199. The molecule has 0 bridgehead atoms. The molecular formula is C17H22ClN7. The summed E-state index contributed by atoms with van der Waals surface area (Å²) in [6, 6.07) is 7.84. The predicted octanol–water partition coefficient (Wildman–Crippen LogP) is 2.76. The van der Waals surface area contributed by atoms with Gasteiger partial charge < -0.3 is 21.4 Å². The van der Waals surface area contributed by atoms with Crippen LogP contribution in [0.5, 0.6) is 0 Å². The summed E-state index contributed by atoms with van der Waals surface area (Å²) in [5.41, 5.74) is 14.2. The highest BCUT2D eigenvalue weighted by Gasteiger charge is 2.18. The van der Waals surface area contributed by atoms with E-state index in [0.717, 1.165) is 17.0 Å². The molecule has 0 aliphatic rings. The van der Waals surface area contributed by atoms with Crippen molar-refractivity contribution in [3.05, 3.63) is 40.7 Å². The fraction of sp³-hybridized carbons (Fsp3) is 0.353. The van der Waals surface area contributed by atoms with Crippen LogP contribution in [0.1, 0.15) is 31.3 Å². The quantitative estimate of drug-likeness (QED) is 0.624. The maximum Gasteiger partial charge on any atom is 0.224 e. The van der Waals surface area contributed by atoms with Crippen LogP contribution in [0.25, 0.3) is 11.2 Å². The van der Waals surface area contributed by atoms with Crippen LogP contribution in [-0.4, -0.2) is 26.1 Å². The molecule has 2 heterocycles. The molecule has 1 aromatic carbocycles. The molecule has 8 heteroatoms. The summed E-state index contributed by atoms with van der Waals surface area (Å²) < 4.78 is 2.06. The number of aromatic nitrogens is 4. The van der Waals surface area contributed by atoms with E-state index in [2.05, 4.69) is 33.7 Å². The Morgan fingerprint density at radius 3 is 2.52 bits per heavy atom. The largest absolute Gasteiger partial charge is 0.368 e. The fourth-order valence-electron chi connectivity index (χ4n) is 2.80. The number of nitrogens with two attached hydrogens (primary N) is 2. The number of halogens is 1. The van der Waals surface area contributed by atoms with Gasteiger partial charge in [0.2, 0.25) is 5.95 Å². The molecular weight excluding hydrogens is 338 g/mol. The fourth-order valence-corrected chi connectivity index (χ4v) is 2.92. The zero-order valence-electron chi connectivity index (χ0n) is 14.3. The molecule has 2 aromatic heterocycles. The molecule has 0 saturated carbocycles. The smallest absolute Gasteiger partial charge is 0.224 e. The highest BCUT2D eigenvalue weighted by molar-refractivity contribution is 6.30. The predicted molar refractivity (Wildman–Crippen MR) is 102 cm³/mol. The van der Waals surface area contributed by atoms with Gasteiger partial charge in [-0.2, -0.15) is 9.97 Å². The van der Waals surface area contributed by atoms with E-state index in [1.54, 1.807) is 0 Å². The molecule has 0 fully saturated rings. The third-order valence-corrected chi connectivity index (χ3v) is 4.14. The highest BCUT2D eigenvalue weighted by atomic mass is 35.5. The number of hydrogen-bond donors (Lipinski definition) is 3. The Morgan fingerprint density at radius 1 is 1.16 bits per heavy atom. The van der Waals surface area contributed by atoms with Gasteiger partial charge in [0.25, 0.3) is 0 Å². The van der Waals surface area contributed by atoms with Crippen molar-refractivity contribution in [3.8, 4) is 0 Å². The molecule has 3 aromatic rings. The number of nitrogens with zero attached hydrogens (tertiary/aromatic N) is 4. The van der Waals surface area contributed by atoms with Crippen LogP contribution in [0.3, 0.4) is 0 Å². The van der Waals surface area contributed by atoms with Crippen molar-refractivity contribution in [1.82, 2.24) is 19.5 Å². The maximum atomic E-state index is 5.93. The van der Waals surface area contributed by atoms with E-state index in [9.17, 15) is 0 Å². The van der Waals surface area contributed by atoms with Crippen LogP contribution in [0.4, 0.5) is 11.8 Å². The van der Waals surface area contributed by atoms with Crippen molar-refractivity contribution in [2.24, 2.45) is 5.73 Å².